The molecule has 1 aromatic heterocycles. The van der Waals surface area contributed by atoms with Crippen LogP contribution in [0.2, 0.25) is 0 Å². The molecule has 0 spiro atoms. The number of aryl methyl sites for hydroxylation is 1. The number of ether oxygens (including phenoxy) is 2. The zero-order valence-corrected chi connectivity index (χ0v) is 11.6. The van der Waals surface area contributed by atoms with Crippen LogP contribution in [-0.4, -0.2) is 14.2 Å². The number of methoxy groups -OCH3 is 2. The van der Waals surface area contributed by atoms with Crippen LogP contribution in [0.3, 0.4) is 0 Å². The number of benzene rings is 1. The summed E-state index contributed by atoms with van der Waals surface area (Å²) in [5, 5.41) is 3.38. The molecule has 2 aromatic rings. The maximum atomic E-state index is 5.27. The van der Waals surface area contributed by atoms with Crippen LogP contribution in [-0.2, 0) is 6.54 Å². The monoisotopic (exact) mass is 263 g/mol. The molecule has 4 heteroatoms. The molecule has 1 aromatic carbocycles. The van der Waals surface area contributed by atoms with Crippen molar-refractivity contribution < 1.29 is 9.47 Å². The summed E-state index contributed by atoms with van der Waals surface area (Å²) in [7, 11) is 3.28. The lowest BCUT2D eigenvalue weighted by Crippen LogP contribution is -1.98. The van der Waals surface area contributed by atoms with E-state index in [1.807, 2.05) is 18.2 Å². The minimum Gasteiger partial charge on any atom is -0.493 e. The van der Waals surface area contributed by atoms with Crippen LogP contribution in [0.1, 0.15) is 9.75 Å². The van der Waals surface area contributed by atoms with Gasteiger partial charge in [-0.2, -0.15) is 0 Å². The molecule has 2 rings (SSSR count). The molecule has 0 aliphatic carbocycles. The first kappa shape index (κ1) is 12.8. The molecule has 96 valence electrons. The predicted molar refractivity (Wildman–Crippen MR) is 75.9 cm³/mol. The standard InChI is InChI=1S/C14H17NO2S/c1-10-4-6-12(18-10)9-15-11-5-7-13(16-2)14(8-11)17-3/h4-8,15H,9H2,1-3H3. The van der Waals surface area contributed by atoms with Crippen molar-refractivity contribution in [3.05, 3.63) is 40.1 Å². The molecule has 0 saturated carbocycles. The maximum absolute atomic E-state index is 5.27. The van der Waals surface area contributed by atoms with Gasteiger partial charge in [-0.1, -0.05) is 0 Å². The molecular formula is C14H17NO2S. The van der Waals surface area contributed by atoms with E-state index in [9.17, 15) is 0 Å². The minimum absolute atomic E-state index is 0.741. The second-order valence-corrected chi connectivity index (χ2v) is 5.31. The second-order valence-electron chi connectivity index (χ2n) is 3.94. The SMILES string of the molecule is COc1ccc(NCc2ccc(C)s2)cc1OC. The van der Waals surface area contributed by atoms with Gasteiger partial charge in [-0.05, 0) is 31.2 Å². The van der Waals surface area contributed by atoms with Crippen molar-refractivity contribution in [3.63, 3.8) is 0 Å². The van der Waals surface area contributed by atoms with Gasteiger partial charge in [-0.3, -0.25) is 0 Å². The van der Waals surface area contributed by atoms with Crippen molar-refractivity contribution in [1.29, 1.82) is 0 Å². The van der Waals surface area contributed by atoms with E-state index >= 15 is 0 Å². The van der Waals surface area contributed by atoms with E-state index in [1.54, 1.807) is 25.6 Å². The molecule has 0 bridgehead atoms. The Labute approximate surface area is 111 Å². The molecule has 0 saturated heterocycles. The first-order chi connectivity index (χ1) is 8.72. The van der Waals surface area contributed by atoms with Crippen molar-refractivity contribution in [2.24, 2.45) is 0 Å². The number of anilines is 1. The fourth-order valence-corrected chi connectivity index (χ4v) is 2.55. The molecule has 0 atom stereocenters. The van der Waals surface area contributed by atoms with Gasteiger partial charge in [0.05, 0.1) is 14.2 Å². The topological polar surface area (TPSA) is 30.5 Å². The van der Waals surface area contributed by atoms with Crippen molar-refractivity contribution in [2.75, 3.05) is 19.5 Å². The molecule has 0 aliphatic heterocycles. The summed E-state index contributed by atoms with van der Waals surface area (Å²) in [4.78, 5) is 2.65. The molecule has 1 heterocycles. The first-order valence-corrected chi connectivity index (χ1v) is 6.56. The number of hydrogen-bond acceptors (Lipinski definition) is 4. The van der Waals surface area contributed by atoms with Crippen LogP contribution in [0.4, 0.5) is 5.69 Å². The van der Waals surface area contributed by atoms with Crippen molar-refractivity contribution in [1.82, 2.24) is 0 Å². The van der Waals surface area contributed by atoms with E-state index in [4.69, 9.17) is 9.47 Å². The highest BCUT2D eigenvalue weighted by molar-refractivity contribution is 7.11. The Balaban J connectivity index is 2.05. The Morgan fingerprint density at radius 2 is 1.83 bits per heavy atom. The lowest BCUT2D eigenvalue weighted by Gasteiger charge is -2.10. The third-order valence-electron chi connectivity index (χ3n) is 2.65. The van der Waals surface area contributed by atoms with Crippen LogP contribution < -0.4 is 14.8 Å². The Hall–Kier alpha value is -1.68. The van der Waals surface area contributed by atoms with E-state index in [0.717, 1.165) is 23.7 Å². The summed E-state index contributed by atoms with van der Waals surface area (Å²) in [6.07, 6.45) is 0. The molecule has 1 N–H and O–H groups in total. The van der Waals surface area contributed by atoms with E-state index in [2.05, 4.69) is 24.4 Å². The second kappa shape index (κ2) is 5.78. The lowest BCUT2D eigenvalue weighted by molar-refractivity contribution is 0.355. The van der Waals surface area contributed by atoms with Crippen LogP contribution >= 0.6 is 11.3 Å². The van der Waals surface area contributed by atoms with Gasteiger partial charge in [-0.15, -0.1) is 11.3 Å². The normalized spacial score (nSPS) is 10.2. The Morgan fingerprint density at radius 3 is 2.44 bits per heavy atom. The van der Waals surface area contributed by atoms with Gasteiger partial charge >= 0.3 is 0 Å². The number of hydrogen-bond donors (Lipinski definition) is 1. The van der Waals surface area contributed by atoms with Crippen molar-refractivity contribution in [3.8, 4) is 11.5 Å². The Morgan fingerprint density at radius 1 is 1.06 bits per heavy atom. The highest BCUT2D eigenvalue weighted by Gasteiger charge is 2.04. The molecular weight excluding hydrogens is 246 g/mol. The minimum atomic E-state index is 0.741. The molecule has 0 aliphatic rings. The van der Waals surface area contributed by atoms with Gasteiger partial charge in [-0.25, -0.2) is 0 Å². The molecule has 3 nitrogen and oxygen atoms in total. The first-order valence-electron chi connectivity index (χ1n) is 5.74. The maximum Gasteiger partial charge on any atom is 0.162 e. The zero-order chi connectivity index (χ0) is 13.0. The van der Waals surface area contributed by atoms with Gasteiger partial charge in [0.2, 0.25) is 0 Å². The average Bonchev–Trinajstić information content (AvgIpc) is 2.81. The molecule has 0 radical (unpaired) electrons. The van der Waals surface area contributed by atoms with Gasteiger partial charge in [0, 0.05) is 28.1 Å². The molecule has 0 fully saturated rings. The van der Waals surface area contributed by atoms with E-state index < -0.39 is 0 Å². The van der Waals surface area contributed by atoms with Crippen molar-refractivity contribution >= 4 is 17.0 Å². The fraction of sp³-hybridized carbons (Fsp3) is 0.286. The number of thiophene rings is 1. The van der Waals surface area contributed by atoms with Crippen molar-refractivity contribution in [2.45, 2.75) is 13.5 Å². The van der Waals surface area contributed by atoms with E-state index in [0.29, 0.717) is 0 Å². The summed E-state index contributed by atoms with van der Waals surface area (Å²) >= 11 is 1.81. The summed E-state index contributed by atoms with van der Waals surface area (Å²) < 4.78 is 10.5. The largest absolute Gasteiger partial charge is 0.493 e. The molecule has 18 heavy (non-hydrogen) atoms. The van der Waals surface area contributed by atoms with Crippen LogP contribution in [0.15, 0.2) is 30.3 Å². The Bertz CT molecular complexity index is 522. The van der Waals surface area contributed by atoms with Crippen LogP contribution in [0, 0.1) is 6.92 Å². The quantitative estimate of drug-likeness (QED) is 0.892. The summed E-state index contributed by atoms with van der Waals surface area (Å²) in [6, 6.07) is 10.1. The smallest absolute Gasteiger partial charge is 0.162 e. The van der Waals surface area contributed by atoms with Gasteiger partial charge in [0.25, 0.3) is 0 Å². The molecule has 0 unspecified atom stereocenters. The van der Waals surface area contributed by atoms with Gasteiger partial charge in [0.1, 0.15) is 0 Å². The summed E-state index contributed by atoms with van der Waals surface area (Å²) in [6.45, 7) is 2.94. The third-order valence-corrected chi connectivity index (χ3v) is 3.65. The van der Waals surface area contributed by atoms with Gasteiger partial charge < -0.3 is 14.8 Å². The highest BCUT2D eigenvalue weighted by atomic mass is 32.1. The van der Waals surface area contributed by atoms with Crippen LogP contribution in [0.5, 0.6) is 11.5 Å². The van der Waals surface area contributed by atoms with E-state index in [1.165, 1.54) is 9.75 Å². The Kier molecular flexibility index (Phi) is 4.10. The summed E-state index contributed by atoms with van der Waals surface area (Å²) in [5.41, 5.74) is 1.03. The lowest BCUT2D eigenvalue weighted by atomic mass is 10.2. The van der Waals surface area contributed by atoms with Crippen LogP contribution in [0.25, 0.3) is 0 Å². The zero-order valence-electron chi connectivity index (χ0n) is 10.8. The highest BCUT2D eigenvalue weighted by Crippen LogP contribution is 2.30. The fourth-order valence-electron chi connectivity index (χ4n) is 1.72. The predicted octanol–water partition coefficient (Wildman–Crippen LogP) is 3.69. The van der Waals surface area contributed by atoms with Gasteiger partial charge in [0.15, 0.2) is 11.5 Å². The number of nitrogens with one attached hydrogen (secondary N) is 1. The third kappa shape index (κ3) is 2.96. The number of rotatable bonds is 5. The molecule has 0 amide bonds. The summed E-state index contributed by atoms with van der Waals surface area (Å²) in [5.74, 6) is 1.49. The van der Waals surface area contributed by atoms with E-state index in [-0.39, 0.29) is 0 Å². The average molecular weight is 263 g/mol.